The van der Waals surface area contributed by atoms with Crippen LogP contribution in [0.3, 0.4) is 0 Å². The molecule has 2 aromatic carbocycles. The van der Waals surface area contributed by atoms with Crippen LogP contribution in [0.1, 0.15) is 25.0 Å². The van der Waals surface area contributed by atoms with Crippen LogP contribution in [0.2, 0.25) is 0 Å². The maximum atomic E-state index is 12.2. The lowest BCUT2D eigenvalue weighted by Gasteiger charge is -2.19. The van der Waals surface area contributed by atoms with E-state index in [1.54, 1.807) is 6.92 Å². The van der Waals surface area contributed by atoms with Crippen LogP contribution in [0.4, 0.5) is 0 Å². The van der Waals surface area contributed by atoms with E-state index in [1.165, 1.54) is 5.56 Å². The third-order valence-electron chi connectivity index (χ3n) is 3.61. The van der Waals surface area contributed by atoms with Crippen molar-refractivity contribution in [3.8, 4) is 11.5 Å². The van der Waals surface area contributed by atoms with E-state index >= 15 is 0 Å². The van der Waals surface area contributed by atoms with Crippen molar-refractivity contribution in [1.29, 1.82) is 0 Å². The summed E-state index contributed by atoms with van der Waals surface area (Å²) in [7, 11) is 0. The third kappa shape index (κ3) is 5.61. The molecule has 24 heavy (non-hydrogen) atoms. The first kappa shape index (κ1) is 17.9. The van der Waals surface area contributed by atoms with Crippen molar-refractivity contribution in [2.24, 2.45) is 0 Å². The van der Waals surface area contributed by atoms with Crippen LogP contribution >= 0.6 is 0 Å². The highest BCUT2D eigenvalue weighted by Gasteiger charge is 2.17. The number of ether oxygens (including phenoxy) is 2. The van der Waals surface area contributed by atoms with Gasteiger partial charge in [-0.3, -0.25) is 4.79 Å². The van der Waals surface area contributed by atoms with Crippen LogP contribution in [0.15, 0.2) is 48.5 Å². The molecule has 2 aromatic rings. The molecule has 2 atom stereocenters. The summed E-state index contributed by atoms with van der Waals surface area (Å²) in [6.07, 6.45) is -0.561. The number of rotatable bonds is 7. The van der Waals surface area contributed by atoms with E-state index in [1.807, 2.05) is 69.3 Å². The number of benzene rings is 2. The molecule has 4 nitrogen and oxygen atoms in total. The second kappa shape index (κ2) is 8.39. The monoisotopic (exact) mass is 327 g/mol. The third-order valence-corrected chi connectivity index (χ3v) is 3.61. The molecule has 0 aromatic heterocycles. The summed E-state index contributed by atoms with van der Waals surface area (Å²) >= 11 is 0. The molecule has 0 aliphatic rings. The normalized spacial score (nSPS) is 13.0. The molecule has 4 heteroatoms. The minimum absolute atomic E-state index is 0.108. The molecule has 0 aliphatic carbocycles. The zero-order valence-corrected chi connectivity index (χ0v) is 14.7. The maximum Gasteiger partial charge on any atom is 0.261 e. The van der Waals surface area contributed by atoms with Crippen molar-refractivity contribution in [2.75, 3.05) is 6.61 Å². The Bertz CT molecular complexity index is 650. The molecule has 0 fully saturated rings. The Kier molecular flexibility index (Phi) is 6.24. The predicted molar refractivity (Wildman–Crippen MR) is 95.5 cm³/mol. The molecule has 1 N–H and O–H groups in total. The van der Waals surface area contributed by atoms with Crippen molar-refractivity contribution >= 4 is 5.91 Å². The second-order valence-corrected chi connectivity index (χ2v) is 6.11. The minimum Gasteiger partial charge on any atom is -0.491 e. The molecular weight excluding hydrogens is 302 g/mol. The van der Waals surface area contributed by atoms with Crippen molar-refractivity contribution < 1.29 is 14.3 Å². The Morgan fingerprint density at radius 2 is 1.42 bits per heavy atom. The van der Waals surface area contributed by atoms with Crippen molar-refractivity contribution in [3.05, 3.63) is 59.7 Å². The SMILES string of the molecule is Cc1ccc(OCC(C)NC(=O)C(C)Oc2ccc(C)cc2)cc1. The number of hydrogen-bond donors (Lipinski definition) is 1. The highest BCUT2D eigenvalue weighted by Crippen LogP contribution is 2.14. The van der Waals surface area contributed by atoms with Gasteiger partial charge in [-0.15, -0.1) is 0 Å². The molecule has 0 saturated heterocycles. The van der Waals surface area contributed by atoms with Gasteiger partial charge in [-0.05, 0) is 52.0 Å². The second-order valence-electron chi connectivity index (χ2n) is 6.11. The Morgan fingerprint density at radius 1 is 0.917 bits per heavy atom. The van der Waals surface area contributed by atoms with E-state index in [9.17, 15) is 4.79 Å². The van der Waals surface area contributed by atoms with Gasteiger partial charge < -0.3 is 14.8 Å². The minimum atomic E-state index is -0.561. The average Bonchev–Trinajstić information content (AvgIpc) is 2.56. The lowest BCUT2D eigenvalue weighted by atomic mass is 10.2. The molecule has 0 saturated carbocycles. The molecule has 2 rings (SSSR count). The Labute approximate surface area is 143 Å². The molecule has 0 radical (unpaired) electrons. The molecule has 128 valence electrons. The van der Waals surface area contributed by atoms with Gasteiger partial charge in [0.1, 0.15) is 18.1 Å². The van der Waals surface area contributed by atoms with Gasteiger partial charge in [-0.25, -0.2) is 0 Å². The van der Waals surface area contributed by atoms with E-state index in [-0.39, 0.29) is 11.9 Å². The van der Waals surface area contributed by atoms with Gasteiger partial charge >= 0.3 is 0 Å². The Morgan fingerprint density at radius 3 is 1.96 bits per heavy atom. The number of carbonyl (C=O) groups excluding carboxylic acids is 1. The van der Waals surface area contributed by atoms with E-state index in [0.717, 1.165) is 11.3 Å². The number of amides is 1. The molecule has 0 heterocycles. The first-order valence-corrected chi connectivity index (χ1v) is 8.17. The summed E-state index contributed by atoms with van der Waals surface area (Å²) in [5, 5.41) is 2.90. The lowest BCUT2D eigenvalue weighted by Crippen LogP contribution is -2.43. The smallest absolute Gasteiger partial charge is 0.261 e. The number of hydrogen-bond acceptors (Lipinski definition) is 3. The van der Waals surface area contributed by atoms with E-state index in [0.29, 0.717) is 12.4 Å². The lowest BCUT2D eigenvalue weighted by molar-refractivity contribution is -0.128. The Balaban J connectivity index is 1.77. The van der Waals surface area contributed by atoms with Gasteiger partial charge in [-0.1, -0.05) is 35.4 Å². The van der Waals surface area contributed by atoms with Crippen molar-refractivity contribution in [1.82, 2.24) is 5.32 Å². The maximum absolute atomic E-state index is 12.2. The molecule has 0 bridgehead atoms. The standard InChI is InChI=1S/C20H25NO3/c1-14-5-9-18(10-6-14)23-13-16(3)21-20(22)17(4)24-19-11-7-15(2)8-12-19/h5-12,16-17H,13H2,1-4H3,(H,21,22). The molecule has 0 spiro atoms. The Hall–Kier alpha value is -2.49. The summed E-state index contributed by atoms with van der Waals surface area (Å²) in [4.78, 5) is 12.2. The number of carbonyl (C=O) groups is 1. The molecule has 1 amide bonds. The predicted octanol–water partition coefficient (Wildman–Crippen LogP) is 3.65. The van der Waals surface area contributed by atoms with E-state index in [2.05, 4.69) is 5.32 Å². The van der Waals surface area contributed by atoms with Gasteiger partial charge in [0.15, 0.2) is 6.10 Å². The number of nitrogens with one attached hydrogen (secondary N) is 1. The molecule has 0 aliphatic heterocycles. The van der Waals surface area contributed by atoms with E-state index < -0.39 is 6.10 Å². The van der Waals surface area contributed by atoms with Gasteiger partial charge in [0, 0.05) is 0 Å². The van der Waals surface area contributed by atoms with Crippen LogP contribution in [0.25, 0.3) is 0 Å². The fraction of sp³-hybridized carbons (Fsp3) is 0.350. The molecule has 2 unspecified atom stereocenters. The average molecular weight is 327 g/mol. The fourth-order valence-electron chi connectivity index (χ4n) is 2.13. The first-order valence-electron chi connectivity index (χ1n) is 8.17. The zero-order chi connectivity index (χ0) is 17.5. The quantitative estimate of drug-likeness (QED) is 0.844. The molecular formula is C20H25NO3. The summed E-state index contributed by atoms with van der Waals surface area (Å²) in [5.41, 5.74) is 2.34. The fourth-order valence-corrected chi connectivity index (χ4v) is 2.13. The highest BCUT2D eigenvalue weighted by molar-refractivity contribution is 5.81. The van der Waals surface area contributed by atoms with Crippen LogP contribution < -0.4 is 14.8 Å². The van der Waals surface area contributed by atoms with Crippen molar-refractivity contribution in [3.63, 3.8) is 0 Å². The zero-order valence-electron chi connectivity index (χ0n) is 14.7. The van der Waals surface area contributed by atoms with Crippen LogP contribution in [-0.4, -0.2) is 24.7 Å². The van der Waals surface area contributed by atoms with Crippen LogP contribution in [0, 0.1) is 13.8 Å². The van der Waals surface area contributed by atoms with Gasteiger partial charge in [0.2, 0.25) is 0 Å². The van der Waals surface area contributed by atoms with Crippen LogP contribution in [-0.2, 0) is 4.79 Å². The topological polar surface area (TPSA) is 47.6 Å². The van der Waals surface area contributed by atoms with Crippen molar-refractivity contribution in [2.45, 2.75) is 39.8 Å². The number of aryl methyl sites for hydroxylation is 2. The largest absolute Gasteiger partial charge is 0.491 e. The van der Waals surface area contributed by atoms with Crippen LogP contribution in [0.5, 0.6) is 11.5 Å². The van der Waals surface area contributed by atoms with Gasteiger partial charge in [0.05, 0.1) is 6.04 Å². The van der Waals surface area contributed by atoms with Gasteiger partial charge in [0.25, 0.3) is 5.91 Å². The first-order chi connectivity index (χ1) is 11.4. The summed E-state index contributed by atoms with van der Waals surface area (Å²) in [6, 6.07) is 15.4. The van der Waals surface area contributed by atoms with E-state index in [4.69, 9.17) is 9.47 Å². The van der Waals surface area contributed by atoms with Gasteiger partial charge in [-0.2, -0.15) is 0 Å². The highest BCUT2D eigenvalue weighted by atomic mass is 16.5. The summed E-state index contributed by atoms with van der Waals surface area (Å²) in [6.45, 7) is 8.09. The summed E-state index contributed by atoms with van der Waals surface area (Å²) in [5.74, 6) is 1.33. The summed E-state index contributed by atoms with van der Waals surface area (Å²) < 4.78 is 11.3.